The summed E-state index contributed by atoms with van der Waals surface area (Å²) in [6.45, 7) is 2.20. The van der Waals surface area contributed by atoms with Crippen molar-refractivity contribution in [1.29, 1.82) is 0 Å². The molecule has 138 valence electrons. The highest BCUT2D eigenvalue weighted by atomic mass is 16.4. The van der Waals surface area contributed by atoms with Crippen LogP contribution < -0.4 is 4.90 Å². The van der Waals surface area contributed by atoms with Gasteiger partial charge in [-0.05, 0) is 55.2 Å². The highest BCUT2D eigenvalue weighted by Crippen LogP contribution is 2.26. The average molecular weight is 362 g/mol. The van der Waals surface area contributed by atoms with E-state index in [2.05, 4.69) is 22.0 Å². The standard InChI is InChI=1S/C22H22N2O3/c25-21(26)15-17(22-23-19-6-2-3-7-20(19)27-22)14-16-8-10-18(11-9-16)24-12-4-1-5-13-24/h2-3,6-11,14H,1,4-5,12-13,15H2,(H,25,26)/b17-14+. The molecule has 5 heteroatoms. The first-order chi connectivity index (χ1) is 13.2. The summed E-state index contributed by atoms with van der Waals surface area (Å²) in [5.74, 6) is -0.549. The van der Waals surface area contributed by atoms with Crippen molar-refractivity contribution < 1.29 is 14.3 Å². The van der Waals surface area contributed by atoms with Gasteiger partial charge in [-0.1, -0.05) is 24.3 Å². The van der Waals surface area contributed by atoms with Crippen molar-refractivity contribution in [3.63, 3.8) is 0 Å². The number of rotatable bonds is 5. The maximum atomic E-state index is 11.3. The summed E-state index contributed by atoms with van der Waals surface area (Å²) in [7, 11) is 0. The van der Waals surface area contributed by atoms with Gasteiger partial charge < -0.3 is 14.4 Å². The van der Waals surface area contributed by atoms with E-state index < -0.39 is 5.97 Å². The molecule has 0 saturated carbocycles. The molecule has 4 rings (SSSR count). The second-order valence-electron chi connectivity index (χ2n) is 6.87. The number of oxazole rings is 1. The Morgan fingerprint density at radius 1 is 1.07 bits per heavy atom. The zero-order valence-corrected chi connectivity index (χ0v) is 15.1. The molecule has 2 heterocycles. The molecule has 1 saturated heterocycles. The number of fused-ring (bicyclic) bond motifs is 1. The summed E-state index contributed by atoms with van der Waals surface area (Å²) in [6, 6.07) is 15.7. The van der Waals surface area contributed by atoms with E-state index in [0.29, 0.717) is 17.0 Å². The van der Waals surface area contributed by atoms with Crippen LogP contribution in [-0.2, 0) is 4.79 Å². The van der Waals surface area contributed by atoms with Crippen molar-refractivity contribution in [2.45, 2.75) is 25.7 Å². The fraction of sp³-hybridized carbons (Fsp3) is 0.273. The lowest BCUT2D eigenvalue weighted by molar-refractivity contribution is -0.135. The van der Waals surface area contributed by atoms with Crippen molar-refractivity contribution in [1.82, 2.24) is 4.98 Å². The minimum Gasteiger partial charge on any atom is -0.481 e. The fourth-order valence-electron chi connectivity index (χ4n) is 3.50. The van der Waals surface area contributed by atoms with E-state index in [-0.39, 0.29) is 6.42 Å². The monoisotopic (exact) mass is 362 g/mol. The Balaban J connectivity index is 1.63. The van der Waals surface area contributed by atoms with Crippen molar-refractivity contribution in [3.8, 4) is 0 Å². The molecular weight excluding hydrogens is 340 g/mol. The van der Waals surface area contributed by atoms with Crippen LogP contribution in [0.15, 0.2) is 52.9 Å². The van der Waals surface area contributed by atoms with Gasteiger partial charge in [0.1, 0.15) is 5.52 Å². The molecule has 2 aromatic carbocycles. The Bertz CT molecular complexity index is 934. The third-order valence-electron chi connectivity index (χ3n) is 4.87. The molecule has 0 atom stereocenters. The molecule has 0 spiro atoms. The minimum absolute atomic E-state index is 0.138. The van der Waals surface area contributed by atoms with Crippen LogP contribution in [0.1, 0.15) is 37.1 Å². The highest BCUT2D eigenvalue weighted by Gasteiger charge is 2.15. The average Bonchev–Trinajstić information content (AvgIpc) is 3.13. The summed E-state index contributed by atoms with van der Waals surface area (Å²) in [4.78, 5) is 18.2. The highest BCUT2D eigenvalue weighted by molar-refractivity contribution is 5.91. The van der Waals surface area contributed by atoms with E-state index in [4.69, 9.17) is 4.42 Å². The summed E-state index contributed by atoms with van der Waals surface area (Å²) in [5, 5.41) is 9.30. The Kier molecular flexibility index (Phi) is 4.92. The van der Waals surface area contributed by atoms with Crippen LogP contribution in [-0.4, -0.2) is 29.1 Å². The second-order valence-corrected chi connectivity index (χ2v) is 6.87. The predicted octanol–water partition coefficient (Wildman–Crippen LogP) is 4.83. The van der Waals surface area contributed by atoms with Gasteiger partial charge in [-0.3, -0.25) is 4.79 Å². The first-order valence-electron chi connectivity index (χ1n) is 9.32. The van der Waals surface area contributed by atoms with Gasteiger partial charge in [-0.25, -0.2) is 4.98 Å². The first-order valence-corrected chi connectivity index (χ1v) is 9.32. The predicted molar refractivity (Wildman–Crippen MR) is 107 cm³/mol. The largest absolute Gasteiger partial charge is 0.481 e. The lowest BCUT2D eigenvalue weighted by Gasteiger charge is -2.28. The number of anilines is 1. The Morgan fingerprint density at radius 2 is 1.81 bits per heavy atom. The SMILES string of the molecule is O=C(O)C/C(=C\c1ccc(N2CCCCC2)cc1)c1nc2ccccc2o1. The van der Waals surface area contributed by atoms with Crippen LogP contribution in [0.25, 0.3) is 22.7 Å². The molecule has 5 nitrogen and oxygen atoms in total. The molecule has 27 heavy (non-hydrogen) atoms. The van der Waals surface area contributed by atoms with Crippen LogP contribution in [0, 0.1) is 0 Å². The Labute approximate surface area is 157 Å². The van der Waals surface area contributed by atoms with Crippen molar-refractivity contribution in [2.75, 3.05) is 18.0 Å². The lowest BCUT2D eigenvalue weighted by atomic mass is 10.1. The van der Waals surface area contributed by atoms with E-state index in [0.717, 1.165) is 24.2 Å². The number of carboxylic acid groups (broad SMARTS) is 1. The number of piperidine rings is 1. The van der Waals surface area contributed by atoms with E-state index in [1.165, 1.54) is 24.9 Å². The van der Waals surface area contributed by atoms with Crippen LogP contribution >= 0.6 is 0 Å². The zero-order valence-electron chi connectivity index (χ0n) is 15.1. The molecule has 1 aromatic heterocycles. The number of aliphatic carboxylic acids is 1. The molecule has 0 radical (unpaired) electrons. The van der Waals surface area contributed by atoms with E-state index >= 15 is 0 Å². The van der Waals surface area contributed by atoms with Gasteiger partial charge in [0.2, 0.25) is 5.89 Å². The molecule has 1 fully saturated rings. The molecule has 0 aliphatic carbocycles. The number of para-hydroxylation sites is 2. The molecule has 0 bridgehead atoms. The van der Waals surface area contributed by atoms with E-state index in [9.17, 15) is 9.90 Å². The lowest BCUT2D eigenvalue weighted by Crippen LogP contribution is -2.29. The van der Waals surface area contributed by atoms with Gasteiger partial charge in [0.05, 0.1) is 6.42 Å². The fourth-order valence-corrected chi connectivity index (χ4v) is 3.50. The number of carboxylic acids is 1. The van der Waals surface area contributed by atoms with Gasteiger partial charge in [0.15, 0.2) is 5.58 Å². The van der Waals surface area contributed by atoms with E-state index in [1.54, 1.807) is 0 Å². The Morgan fingerprint density at radius 3 is 2.52 bits per heavy atom. The molecule has 1 aliphatic heterocycles. The van der Waals surface area contributed by atoms with Gasteiger partial charge >= 0.3 is 5.97 Å². The number of nitrogens with zero attached hydrogens (tertiary/aromatic N) is 2. The molecule has 0 amide bonds. The zero-order chi connectivity index (χ0) is 18.6. The normalized spacial score (nSPS) is 15.3. The van der Waals surface area contributed by atoms with Crippen LogP contribution in [0.4, 0.5) is 5.69 Å². The second kappa shape index (κ2) is 7.66. The van der Waals surface area contributed by atoms with Gasteiger partial charge in [-0.15, -0.1) is 0 Å². The quantitative estimate of drug-likeness (QED) is 0.704. The maximum absolute atomic E-state index is 11.3. The van der Waals surface area contributed by atoms with Crippen LogP contribution in [0.3, 0.4) is 0 Å². The summed E-state index contributed by atoms with van der Waals surface area (Å²) >= 11 is 0. The summed E-state index contributed by atoms with van der Waals surface area (Å²) in [6.07, 6.45) is 5.49. The number of benzene rings is 2. The summed E-state index contributed by atoms with van der Waals surface area (Å²) < 4.78 is 5.77. The minimum atomic E-state index is -0.909. The van der Waals surface area contributed by atoms with Crippen LogP contribution in [0.5, 0.6) is 0 Å². The van der Waals surface area contributed by atoms with Gasteiger partial charge in [0.25, 0.3) is 0 Å². The van der Waals surface area contributed by atoms with Gasteiger partial charge in [0, 0.05) is 24.4 Å². The smallest absolute Gasteiger partial charge is 0.308 e. The topological polar surface area (TPSA) is 66.6 Å². The third kappa shape index (κ3) is 4.03. The van der Waals surface area contributed by atoms with Gasteiger partial charge in [-0.2, -0.15) is 0 Å². The molecule has 0 unspecified atom stereocenters. The van der Waals surface area contributed by atoms with Crippen LogP contribution in [0.2, 0.25) is 0 Å². The van der Waals surface area contributed by atoms with Crippen molar-refractivity contribution >= 4 is 34.4 Å². The number of carbonyl (C=O) groups is 1. The molecule has 3 aromatic rings. The maximum Gasteiger partial charge on any atom is 0.308 e. The number of aromatic nitrogens is 1. The first kappa shape index (κ1) is 17.3. The Hall–Kier alpha value is -3.08. The van der Waals surface area contributed by atoms with E-state index in [1.807, 2.05) is 42.5 Å². The molecule has 1 N–H and O–H groups in total. The third-order valence-corrected chi connectivity index (χ3v) is 4.87. The number of hydrogen-bond donors (Lipinski definition) is 1. The van der Waals surface area contributed by atoms with Crippen molar-refractivity contribution in [3.05, 3.63) is 60.0 Å². The number of hydrogen-bond acceptors (Lipinski definition) is 4. The molecular formula is C22H22N2O3. The molecule has 1 aliphatic rings. The summed E-state index contributed by atoms with van der Waals surface area (Å²) in [5.41, 5.74) is 4.10. The van der Waals surface area contributed by atoms with Crippen molar-refractivity contribution in [2.24, 2.45) is 0 Å².